The lowest BCUT2D eigenvalue weighted by Crippen LogP contribution is -2.34. The van der Waals surface area contributed by atoms with Crippen molar-refractivity contribution < 1.29 is 4.79 Å². The molecule has 0 aromatic carbocycles. The molecule has 0 bridgehead atoms. The van der Waals surface area contributed by atoms with E-state index in [9.17, 15) is 4.79 Å². The highest BCUT2D eigenvalue weighted by molar-refractivity contribution is 5.85. The zero-order chi connectivity index (χ0) is 9.68. The van der Waals surface area contributed by atoms with Gasteiger partial charge < -0.3 is 11.1 Å². The number of carbonyl (C=O) groups is 1. The average molecular weight is 221 g/mol. The van der Waals surface area contributed by atoms with Gasteiger partial charge >= 0.3 is 0 Å². The smallest absolute Gasteiger partial charge is 0.223 e. The van der Waals surface area contributed by atoms with Crippen LogP contribution in [-0.2, 0) is 4.79 Å². The molecule has 0 radical (unpaired) electrons. The van der Waals surface area contributed by atoms with Gasteiger partial charge in [0.1, 0.15) is 0 Å². The molecule has 4 heteroatoms. The number of halogens is 1. The average Bonchev–Trinajstić information content (AvgIpc) is 2.18. The van der Waals surface area contributed by atoms with E-state index in [1.54, 1.807) is 0 Å². The second-order valence-electron chi connectivity index (χ2n) is 3.85. The van der Waals surface area contributed by atoms with Gasteiger partial charge in [-0.05, 0) is 45.1 Å². The molecule has 0 aromatic rings. The van der Waals surface area contributed by atoms with Crippen LogP contribution in [0.5, 0.6) is 0 Å². The predicted molar refractivity (Wildman–Crippen MR) is 60.4 cm³/mol. The Balaban J connectivity index is 0.00000169. The van der Waals surface area contributed by atoms with Crippen molar-refractivity contribution >= 4 is 18.3 Å². The van der Waals surface area contributed by atoms with Gasteiger partial charge in [-0.1, -0.05) is 0 Å². The van der Waals surface area contributed by atoms with Gasteiger partial charge in [0.15, 0.2) is 0 Å². The molecular weight excluding hydrogens is 200 g/mol. The SMILES string of the molecule is CCNC(=O)[C@H]1CC[C@H](CN)CC1.Cl. The fourth-order valence-electron chi connectivity index (χ4n) is 1.98. The molecule has 1 fully saturated rings. The zero-order valence-electron chi connectivity index (χ0n) is 8.79. The third-order valence-electron chi connectivity index (χ3n) is 2.90. The van der Waals surface area contributed by atoms with E-state index in [0.717, 1.165) is 38.8 Å². The van der Waals surface area contributed by atoms with Crippen LogP contribution in [0.1, 0.15) is 32.6 Å². The molecular formula is C10H21ClN2O. The van der Waals surface area contributed by atoms with Gasteiger partial charge in [0.2, 0.25) is 5.91 Å². The minimum atomic E-state index is 0. The van der Waals surface area contributed by atoms with E-state index < -0.39 is 0 Å². The molecule has 3 nitrogen and oxygen atoms in total. The van der Waals surface area contributed by atoms with E-state index in [1.807, 2.05) is 6.92 Å². The molecule has 0 atom stereocenters. The first kappa shape index (κ1) is 13.7. The lowest BCUT2D eigenvalue weighted by molar-refractivity contribution is -0.126. The van der Waals surface area contributed by atoms with Crippen molar-refractivity contribution in [1.82, 2.24) is 5.32 Å². The van der Waals surface area contributed by atoms with E-state index in [2.05, 4.69) is 5.32 Å². The summed E-state index contributed by atoms with van der Waals surface area (Å²) < 4.78 is 0. The lowest BCUT2D eigenvalue weighted by Gasteiger charge is -2.26. The lowest BCUT2D eigenvalue weighted by atomic mass is 9.81. The molecule has 1 rings (SSSR count). The number of hydrogen-bond donors (Lipinski definition) is 2. The Morgan fingerprint density at radius 3 is 2.36 bits per heavy atom. The van der Waals surface area contributed by atoms with Gasteiger partial charge in [0, 0.05) is 12.5 Å². The Morgan fingerprint density at radius 2 is 1.93 bits per heavy atom. The first-order valence-corrected chi connectivity index (χ1v) is 5.25. The fraction of sp³-hybridized carbons (Fsp3) is 0.900. The van der Waals surface area contributed by atoms with Crippen LogP contribution in [0.25, 0.3) is 0 Å². The van der Waals surface area contributed by atoms with Gasteiger partial charge in [0.25, 0.3) is 0 Å². The summed E-state index contributed by atoms with van der Waals surface area (Å²) in [5.41, 5.74) is 5.58. The molecule has 0 heterocycles. The summed E-state index contributed by atoms with van der Waals surface area (Å²) in [4.78, 5) is 11.5. The molecule has 1 aliphatic rings. The Morgan fingerprint density at radius 1 is 1.36 bits per heavy atom. The van der Waals surface area contributed by atoms with Crippen LogP contribution in [0.15, 0.2) is 0 Å². The molecule has 84 valence electrons. The van der Waals surface area contributed by atoms with Gasteiger partial charge in [-0.25, -0.2) is 0 Å². The highest BCUT2D eigenvalue weighted by atomic mass is 35.5. The van der Waals surface area contributed by atoms with Gasteiger partial charge in [-0.2, -0.15) is 0 Å². The van der Waals surface area contributed by atoms with Crippen molar-refractivity contribution in [2.75, 3.05) is 13.1 Å². The maximum atomic E-state index is 11.5. The molecule has 0 unspecified atom stereocenters. The fourth-order valence-corrected chi connectivity index (χ4v) is 1.98. The van der Waals surface area contributed by atoms with Crippen LogP contribution < -0.4 is 11.1 Å². The van der Waals surface area contributed by atoms with Crippen LogP contribution in [0, 0.1) is 11.8 Å². The van der Waals surface area contributed by atoms with Crippen LogP contribution in [0.3, 0.4) is 0 Å². The summed E-state index contributed by atoms with van der Waals surface area (Å²) in [5.74, 6) is 1.14. The molecule has 1 saturated carbocycles. The molecule has 0 aliphatic heterocycles. The summed E-state index contributed by atoms with van der Waals surface area (Å²) >= 11 is 0. The summed E-state index contributed by atoms with van der Waals surface area (Å²) in [6.07, 6.45) is 4.29. The number of nitrogens with two attached hydrogens (primary N) is 1. The molecule has 0 aromatic heterocycles. The van der Waals surface area contributed by atoms with E-state index in [0.29, 0.717) is 5.92 Å². The molecule has 14 heavy (non-hydrogen) atoms. The number of nitrogens with one attached hydrogen (secondary N) is 1. The monoisotopic (exact) mass is 220 g/mol. The van der Waals surface area contributed by atoms with Crippen molar-refractivity contribution in [2.24, 2.45) is 17.6 Å². The first-order chi connectivity index (χ1) is 6.27. The summed E-state index contributed by atoms with van der Waals surface area (Å²) in [6, 6.07) is 0. The standard InChI is InChI=1S/C10H20N2O.ClH/c1-2-12-10(13)9-5-3-8(7-11)4-6-9;/h8-9H,2-7,11H2,1H3,(H,12,13);1H/t8-,9-;. The molecule has 3 N–H and O–H groups in total. The number of amides is 1. The quantitative estimate of drug-likeness (QED) is 0.754. The minimum absolute atomic E-state index is 0. The minimum Gasteiger partial charge on any atom is -0.356 e. The Hall–Kier alpha value is -0.280. The van der Waals surface area contributed by atoms with Gasteiger partial charge in [-0.3, -0.25) is 4.79 Å². The molecule has 0 saturated heterocycles. The zero-order valence-corrected chi connectivity index (χ0v) is 9.61. The second-order valence-corrected chi connectivity index (χ2v) is 3.85. The summed E-state index contributed by atoms with van der Waals surface area (Å²) in [7, 11) is 0. The summed E-state index contributed by atoms with van der Waals surface area (Å²) in [6.45, 7) is 3.49. The normalized spacial score (nSPS) is 26.4. The van der Waals surface area contributed by atoms with Crippen LogP contribution in [0.4, 0.5) is 0 Å². The second kappa shape index (κ2) is 7.07. The van der Waals surface area contributed by atoms with Crippen molar-refractivity contribution in [3.05, 3.63) is 0 Å². The van der Waals surface area contributed by atoms with Crippen molar-refractivity contribution in [2.45, 2.75) is 32.6 Å². The Labute approximate surface area is 92.2 Å². The topological polar surface area (TPSA) is 55.1 Å². The van der Waals surface area contributed by atoms with Crippen LogP contribution >= 0.6 is 12.4 Å². The third-order valence-corrected chi connectivity index (χ3v) is 2.90. The Bertz CT molecular complexity index is 168. The van der Waals surface area contributed by atoms with E-state index >= 15 is 0 Å². The maximum absolute atomic E-state index is 11.5. The number of hydrogen-bond acceptors (Lipinski definition) is 2. The van der Waals surface area contributed by atoms with Gasteiger partial charge in [0.05, 0.1) is 0 Å². The number of rotatable bonds is 3. The predicted octanol–water partition coefficient (Wildman–Crippen LogP) is 1.31. The van der Waals surface area contributed by atoms with Crippen molar-refractivity contribution in [3.63, 3.8) is 0 Å². The summed E-state index contributed by atoms with van der Waals surface area (Å²) in [5, 5.41) is 2.88. The van der Waals surface area contributed by atoms with E-state index in [4.69, 9.17) is 5.73 Å². The highest BCUT2D eigenvalue weighted by Gasteiger charge is 2.24. The third kappa shape index (κ3) is 3.84. The molecule has 0 spiro atoms. The van der Waals surface area contributed by atoms with Crippen molar-refractivity contribution in [3.8, 4) is 0 Å². The van der Waals surface area contributed by atoms with Crippen molar-refractivity contribution in [1.29, 1.82) is 0 Å². The van der Waals surface area contributed by atoms with E-state index in [-0.39, 0.29) is 24.2 Å². The van der Waals surface area contributed by atoms with Crippen LogP contribution in [0.2, 0.25) is 0 Å². The van der Waals surface area contributed by atoms with Gasteiger partial charge in [-0.15, -0.1) is 12.4 Å². The molecule has 1 aliphatic carbocycles. The van der Waals surface area contributed by atoms with E-state index in [1.165, 1.54) is 0 Å². The Kier molecular flexibility index (Phi) is 6.93. The van der Waals surface area contributed by atoms with Crippen LogP contribution in [-0.4, -0.2) is 19.0 Å². The maximum Gasteiger partial charge on any atom is 0.223 e. The molecule has 1 amide bonds. The number of carbonyl (C=O) groups excluding carboxylic acids is 1. The first-order valence-electron chi connectivity index (χ1n) is 5.25. The largest absolute Gasteiger partial charge is 0.356 e. The highest BCUT2D eigenvalue weighted by Crippen LogP contribution is 2.27.